The predicted octanol–water partition coefficient (Wildman–Crippen LogP) is 0.607. The van der Waals surface area contributed by atoms with Gasteiger partial charge in [-0.3, -0.25) is 9.59 Å². The van der Waals surface area contributed by atoms with Crippen molar-refractivity contribution in [2.75, 3.05) is 31.1 Å². The second-order valence-electron chi connectivity index (χ2n) is 6.08. The molecule has 1 aliphatic heterocycles. The third-order valence-corrected chi connectivity index (χ3v) is 4.41. The summed E-state index contributed by atoms with van der Waals surface area (Å²) in [5.41, 5.74) is -0.214. The molecule has 1 saturated carbocycles. The highest BCUT2D eigenvalue weighted by atomic mass is 16.4. The van der Waals surface area contributed by atoms with E-state index >= 15 is 0 Å². The Morgan fingerprint density at radius 3 is 2.27 bits per heavy atom. The number of anilines is 1. The van der Waals surface area contributed by atoms with Crippen LogP contribution in [0.1, 0.15) is 24.4 Å². The lowest BCUT2D eigenvalue weighted by molar-refractivity contribution is -0.153. The Labute approximate surface area is 129 Å². The lowest BCUT2D eigenvalue weighted by Crippen LogP contribution is -2.52. The molecule has 1 amide bonds. The number of rotatable bonds is 3. The van der Waals surface area contributed by atoms with Gasteiger partial charge in [-0.15, -0.1) is 0 Å². The minimum absolute atomic E-state index is 0.227. The summed E-state index contributed by atoms with van der Waals surface area (Å²) in [7, 11) is 0. The van der Waals surface area contributed by atoms with E-state index in [1.165, 1.54) is 0 Å². The number of carboxylic acid groups (broad SMARTS) is 1. The first-order valence-corrected chi connectivity index (χ1v) is 7.52. The summed E-state index contributed by atoms with van der Waals surface area (Å²) < 4.78 is 0. The number of aryl methyl sites for hydroxylation is 2. The van der Waals surface area contributed by atoms with Crippen molar-refractivity contribution in [2.24, 2.45) is 5.41 Å². The lowest BCUT2D eigenvalue weighted by Gasteiger charge is -2.36. The number of aromatic nitrogens is 2. The molecule has 22 heavy (non-hydrogen) atoms. The zero-order valence-electron chi connectivity index (χ0n) is 12.9. The third kappa shape index (κ3) is 2.51. The van der Waals surface area contributed by atoms with Gasteiger partial charge in [0, 0.05) is 37.9 Å². The van der Waals surface area contributed by atoms with E-state index in [2.05, 4.69) is 14.9 Å². The maximum atomic E-state index is 12.4. The molecule has 3 rings (SSSR count). The largest absolute Gasteiger partial charge is 0.480 e. The van der Waals surface area contributed by atoms with Crippen LogP contribution in [0.5, 0.6) is 0 Å². The highest BCUT2D eigenvalue weighted by molar-refractivity contribution is 6.04. The molecule has 2 fully saturated rings. The topological polar surface area (TPSA) is 86.6 Å². The van der Waals surface area contributed by atoms with Crippen molar-refractivity contribution in [3.8, 4) is 0 Å². The molecule has 1 saturated heterocycles. The minimum Gasteiger partial charge on any atom is -0.480 e. The fraction of sp³-hybridized carbons (Fsp3) is 0.600. The van der Waals surface area contributed by atoms with Crippen molar-refractivity contribution < 1.29 is 14.7 Å². The lowest BCUT2D eigenvalue weighted by atomic mass is 10.1. The summed E-state index contributed by atoms with van der Waals surface area (Å²) in [4.78, 5) is 36.1. The van der Waals surface area contributed by atoms with Crippen molar-refractivity contribution in [1.29, 1.82) is 0 Å². The molecule has 0 unspecified atom stereocenters. The second kappa shape index (κ2) is 5.23. The van der Waals surface area contributed by atoms with Gasteiger partial charge in [-0.25, -0.2) is 9.97 Å². The molecule has 7 nitrogen and oxygen atoms in total. The van der Waals surface area contributed by atoms with Gasteiger partial charge >= 0.3 is 5.97 Å². The van der Waals surface area contributed by atoms with E-state index in [-0.39, 0.29) is 5.91 Å². The normalized spacial score (nSPS) is 19.9. The zero-order chi connectivity index (χ0) is 15.9. The summed E-state index contributed by atoms with van der Waals surface area (Å²) in [5.74, 6) is 0.393. The van der Waals surface area contributed by atoms with E-state index < -0.39 is 11.4 Å². The van der Waals surface area contributed by atoms with Crippen LogP contribution < -0.4 is 4.90 Å². The molecule has 1 N–H and O–H groups in total. The van der Waals surface area contributed by atoms with Crippen molar-refractivity contribution in [2.45, 2.75) is 26.7 Å². The Morgan fingerprint density at radius 1 is 1.14 bits per heavy atom. The maximum absolute atomic E-state index is 12.4. The van der Waals surface area contributed by atoms with Gasteiger partial charge in [-0.1, -0.05) is 0 Å². The molecule has 0 aromatic carbocycles. The minimum atomic E-state index is -1.13. The molecule has 0 radical (unpaired) electrons. The Bertz CT molecular complexity index is 599. The molecule has 0 bridgehead atoms. The summed E-state index contributed by atoms with van der Waals surface area (Å²) in [5, 5.41) is 9.22. The van der Waals surface area contributed by atoms with Crippen molar-refractivity contribution in [3.63, 3.8) is 0 Å². The fourth-order valence-electron chi connectivity index (χ4n) is 2.94. The Morgan fingerprint density at radius 2 is 1.77 bits per heavy atom. The van der Waals surface area contributed by atoms with Crippen LogP contribution in [-0.4, -0.2) is 58.0 Å². The SMILES string of the molecule is Cc1cc(N2CCN(C(=O)C3(C(=O)O)CC3)CC2)nc(C)n1. The summed E-state index contributed by atoms with van der Waals surface area (Å²) >= 11 is 0. The monoisotopic (exact) mass is 304 g/mol. The Balaban J connectivity index is 1.65. The number of hydrogen-bond acceptors (Lipinski definition) is 5. The van der Waals surface area contributed by atoms with Gasteiger partial charge in [-0.2, -0.15) is 0 Å². The molecular weight excluding hydrogens is 284 g/mol. The average Bonchev–Trinajstić information content (AvgIpc) is 3.27. The van der Waals surface area contributed by atoms with Crippen LogP contribution in [0.25, 0.3) is 0 Å². The number of carbonyl (C=O) groups excluding carboxylic acids is 1. The number of hydrogen-bond donors (Lipinski definition) is 1. The molecular formula is C15H20N4O3. The van der Waals surface area contributed by atoms with Gasteiger partial charge in [0.2, 0.25) is 5.91 Å². The summed E-state index contributed by atoms with van der Waals surface area (Å²) in [6.45, 7) is 6.20. The number of amides is 1. The zero-order valence-corrected chi connectivity index (χ0v) is 12.9. The van der Waals surface area contributed by atoms with Gasteiger partial charge in [-0.05, 0) is 26.7 Å². The second-order valence-corrected chi connectivity index (χ2v) is 6.08. The number of aliphatic carboxylic acids is 1. The van der Waals surface area contributed by atoms with Crippen LogP contribution in [0, 0.1) is 19.3 Å². The number of carboxylic acids is 1. The maximum Gasteiger partial charge on any atom is 0.319 e. The molecule has 2 heterocycles. The molecule has 2 aliphatic rings. The predicted molar refractivity (Wildman–Crippen MR) is 79.6 cm³/mol. The number of nitrogens with zero attached hydrogens (tertiary/aromatic N) is 4. The molecule has 7 heteroatoms. The van der Waals surface area contributed by atoms with Crippen LogP contribution >= 0.6 is 0 Å². The fourth-order valence-corrected chi connectivity index (χ4v) is 2.94. The molecule has 1 aliphatic carbocycles. The van der Waals surface area contributed by atoms with Crippen molar-refractivity contribution in [1.82, 2.24) is 14.9 Å². The van der Waals surface area contributed by atoms with Crippen molar-refractivity contribution in [3.05, 3.63) is 17.6 Å². The van der Waals surface area contributed by atoms with Gasteiger partial charge in [0.1, 0.15) is 17.1 Å². The van der Waals surface area contributed by atoms with Gasteiger partial charge in [0.05, 0.1) is 0 Å². The van der Waals surface area contributed by atoms with Crippen LogP contribution in [0.2, 0.25) is 0 Å². The highest BCUT2D eigenvalue weighted by Gasteiger charge is 2.58. The van der Waals surface area contributed by atoms with E-state index in [1.54, 1.807) is 4.90 Å². The van der Waals surface area contributed by atoms with E-state index in [9.17, 15) is 14.7 Å². The first-order chi connectivity index (χ1) is 10.4. The van der Waals surface area contributed by atoms with Crippen LogP contribution in [0.4, 0.5) is 5.82 Å². The van der Waals surface area contributed by atoms with E-state index in [0.717, 1.165) is 17.3 Å². The van der Waals surface area contributed by atoms with Crippen LogP contribution in [0.3, 0.4) is 0 Å². The molecule has 1 aromatic heterocycles. The Kier molecular flexibility index (Phi) is 3.50. The quantitative estimate of drug-likeness (QED) is 0.823. The smallest absolute Gasteiger partial charge is 0.319 e. The third-order valence-electron chi connectivity index (χ3n) is 4.41. The standard InChI is InChI=1S/C15H20N4O3/c1-10-9-12(17-11(2)16-10)18-5-7-19(8-6-18)13(20)15(3-4-15)14(21)22/h9H,3-8H2,1-2H3,(H,21,22). The highest BCUT2D eigenvalue weighted by Crippen LogP contribution is 2.47. The van der Waals surface area contributed by atoms with E-state index in [1.807, 2.05) is 19.9 Å². The van der Waals surface area contributed by atoms with E-state index in [0.29, 0.717) is 39.0 Å². The molecule has 1 aromatic rings. The molecule has 0 spiro atoms. The number of piperazine rings is 1. The first-order valence-electron chi connectivity index (χ1n) is 7.52. The Hall–Kier alpha value is -2.18. The summed E-state index contributed by atoms with van der Waals surface area (Å²) in [6, 6.07) is 1.93. The number of carbonyl (C=O) groups is 2. The van der Waals surface area contributed by atoms with Gasteiger partial charge in [0.15, 0.2) is 0 Å². The molecule has 0 atom stereocenters. The average molecular weight is 304 g/mol. The van der Waals surface area contributed by atoms with E-state index in [4.69, 9.17) is 0 Å². The van der Waals surface area contributed by atoms with Crippen molar-refractivity contribution >= 4 is 17.7 Å². The van der Waals surface area contributed by atoms with Crippen LogP contribution in [0.15, 0.2) is 6.07 Å². The summed E-state index contributed by atoms with van der Waals surface area (Å²) in [6.07, 6.45) is 0.928. The van der Waals surface area contributed by atoms with Crippen LogP contribution in [-0.2, 0) is 9.59 Å². The first kappa shape index (κ1) is 14.7. The van der Waals surface area contributed by atoms with Gasteiger partial charge < -0.3 is 14.9 Å². The van der Waals surface area contributed by atoms with Gasteiger partial charge in [0.25, 0.3) is 0 Å². The molecule has 118 valence electrons.